The Hall–Kier alpha value is -2.02. The predicted molar refractivity (Wildman–Crippen MR) is 89.4 cm³/mol. The number of hydrogen-bond donors (Lipinski definition) is 2. The summed E-state index contributed by atoms with van der Waals surface area (Å²) < 4.78 is 0. The molecule has 2 N–H and O–H groups in total. The van der Waals surface area contributed by atoms with Crippen molar-refractivity contribution in [3.8, 4) is 0 Å². The molecule has 0 unspecified atom stereocenters. The van der Waals surface area contributed by atoms with Crippen molar-refractivity contribution in [1.82, 2.24) is 4.90 Å². The van der Waals surface area contributed by atoms with Crippen LogP contribution in [-0.4, -0.2) is 41.5 Å². The lowest BCUT2D eigenvalue weighted by Crippen LogP contribution is -2.40. The van der Waals surface area contributed by atoms with Crippen LogP contribution in [0.15, 0.2) is 23.1 Å². The number of thioether (sulfide) groups is 1. The van der Waals surface area contributed by atoms with Gasteiger partial charge in [-0.15, -0.1) is 11.8 Å². The van der Waals surface area contributed by atoms with E-state index in [0.29, 0.717) is 37.4 Å². The Kier molecular flexibility index (Phi) is 4.56. The number of nitrogens with one attached hydrogen (secondary N) is 2. The van der Waals surface area contributed by atoms with Gasteiger partial charge in [0.2, 0.25) is 17.7 Å². The maximum Gasteiger partial charge on any atom is 0.234 e. The Morgan fingerprint density at radius 1 is 1.30 bits per heavy atom. The number of carbonyl (C=O) groups is 3. The molecule has 2 heterocycles. The second-order valence-corrected chi connectivity index (χ2v) is 6.83. The van der Waals surface area contributed by atoms with Gasteiger partial charge in [0.15, 0.2) is 0 Å². The fourth-order valence-electron chi connectivity index (χ4n) is 2.86. The number of benzene rings is 1. The van der Waals surface area contributed by atoms with Crippen molar-refractivity contribution < 1.29 is 14.4 Å². The fraction of sp³-hybridized carbons (Fsp3) is 0.438. The van der Waals surface area contributed by atoms with Crippen LogP contribution in [0.1, 0.15) is 19.8 Å². The van der Waals surface area contributed by atoms with Crippen LogP contribution in [0.2, 0.25) is 0 Å². The first-order valence-electron chi connectivity index (χ1n) is 7.66. The zero-order valence-corrected chi connectivity index (χ0v) is 13.7. The van der Waals surface area contributed by atoms with Crippen LogP contribution in [0.3, 0.4) is 0 Å². The number of piperidine rings is 1. The molecule has 0 aliphatic carbocycles. The van der Waals surface area contributed by atoms with Gasteiger partial charge in [0.1, 0.15) is 0 Å². The summed E-state index contributed by atoms with van der Waals surface area (Å²) in [5, 5.41) is 5.73. The Labute approximate surface area is 139 Å². The van der Waals surface area contributed by atoms with E-state index in [0.717, 1.165) is 10.6 Å². The molecular formula is C16H19N3O3S. The molecule has 1 aromatic carbocycles. The highest BCUT2D eigenvalue weighted by Gasteiger charge is 2.26. The summed E-state index contributed by atoms with van der Waals surface area (Å²) in [6.45, 7) is 2.81. The van der Waals surface area contributed by atoms with E-state index in [9.17, 15) is 14.4 Å². The van der Waals surface area contributed by atoms with Gasteiger partial charge in [-0.1, -0.05) is 0 Å². The van der Waals surface area contributed by atoms with Gasteiger partial charge in [-0.3, -0.25) is 14.4 Å². The lowest BCUT2D eigenvalue weighted by atomic mass is 9.96. The second kappa shape index (κ2) is 6.62. The molecule has 0 bridgehead atoms. The first-order valence-corrected chi connectivity index (χ1v) is 8.64. The van der Waals surface area contributed by atoms with Gasteiger partial charge in [0, 0.05) is 36.5 Å². The predicted octanol–water partition coefficient (Wildman–Crippen LogP) is 1.93. The molecule has 1 aromatic rings. The first kappa shape index (κ1) is 15.9. The molecule has 2 aliphatic heterocycles. The summed E-state index contributed by atoms with van der Waals surface area (Å²) in [5.74, 6) is 0.357. The number of nitrogens with zero attached hydrogens (tertiary/aromatic N) is 1. The maximum absolute atomic E-state index is 12.4. The Bertz CT molecular complexity index is 654. The SMILES string of the molecule is CC(=O)N1CCC(C(=O)Nc2ccc3c(c2)NC(=O)CS3)CC1. The molecular weight excluding hydrogens is 314 g/mol. The molecule has 23 heavy (non-hydrogen) atoms. The van der Waals surface area contributed by atoms with Crippen molar-refractivity contribution in [1.29, 1.82) is 0 Å². The van der Waals surface area contributed by atoms with Crippen LogP contribution >= 0.6 is 11.8 Å². The molecule has 6 nitrogen and oxygen atoms in total. The lowest BCUT2D eigenvalue weighted by Gasteiger charge is -2.30. The van der Waals surface area contributed by atoms with E-state index in [2.05, 4.69) is 10.6 Å². The molecule has 3 rings (SSSR count). The number of anilines is 2. The zero-order chi connectivity index (χ0) is 16.4. The van der Waals surface area contributed by atoms with Crippen molar-refractivity contribution in [2.75, 3.05) is 29.5 Å². The van der Waals surface area contributed by atoms with Gasteiger partial charge in [-0.25, -0.2) is 0 Å². The van der Waals surface area contributed by atoms with E-state index in [1.54, 1.807) is 17.9 Å². The summed E-state index contributed by atoms with van der Waals surface area (Å²) in [7, 11) is 0. The third kappa shape index (κ3) is 3.67. The van der Waals surface area contributed by atoms with Crippen LogP contribution in [0.25, 0.3) is 0 Å². The van der Waals surface area contributed by atoms with Gasteiger partial charge in [0.05, 0.1) is 11.4 Å². The van der Waals surface area contributed by atoms with Crippen molar-refractivity contribution in [3.05, 3.63) is 18.2 Å². The van der Waals surface area contributed by atoms with E-state index in [1.165, 1.54) is 11.8 Å². The van der Waals surface area contributed by atoms with E-state index < -0.39 is 0 Å². The molecule has 0 saturated carbocycles. The number of hydrogen-bond acceptors (Lipinski definition) is 4. The van der Waals surface area contributed by atoms with Crippen molar-refractivity contribution in [2.24, 2.45) is 5.92 Å². The first-order chi connectivity index (χ1) is 11.0. The van der Waals surface area contributed by atoms with Crippen LogP contribution in [0.5, 0.6) is 0 Å². The van der Waals surface area contributed by atoms with Gasteiger partial charge in [-0.2, -0.15) is 0 Å². The Morgan fingerprint density at radius 3 is 2.74 bits per heavy atom. The molecule has 0 spiro atoms. The number of rotatable bonds is 2. The van der Waals surface area contributed by atoms with Crippen LogP contribution < -0.4 is 10.6 Å². The van der Waals surface area contributed by atoms with E-state index in [-0.39, 0.29) is 23.6 Å². The monoisotopic (exact) mass is 333 g/mol. The minimum absolute atomic E-state index is 0.0251. The molecule has 0 aromatic heterocycles. The molecule has 2 aliphatic rings. The van der Waals surface area contributed by atoms with Crippen LogP contribution in [0.4, 0.5) is 11.4 Å². The largest absolute Gasteiger partial charge is 0.343 e. The average Bonchev–Trinajstić information content (AvgIpc) is 2.54. The maximum atomic E-state index is 12.4. The average molecular weight is 333 g/mol. The third-order valence-corrected chi connectivity index (χ3v) is 5.26. The van der Waals surface area contributed by atoms with E-state index >= 15 is 0 Å². The lowest BCUT2D eigenvalue weighted by molar-refractivity contribution is -0.132. The van der Waals surface area contributed by atoms with Gasteiger partial charge < -0.3 is 15.5 Å². The highest BCUT2D eigenvalue weighted by molar-refractivity contribution is 8.00. The molecule has 1 fully saturated rings. The smallest absolute Gasteiger partial charge is 0.234 e. The molecule has 3 amide bonds. The molecule has 7 heteroatoms. The standard InChI is InChI=1S/C16H19N3O3S/c1-10(20)19-6-4-11(5-7-19)16(22)17-12-2-3-14-13(8-12)18-15(21)9-23-14/h2-3,8,11H,4-7,9H2,1H3,(H,17,22)(H,18,21). The normalized spacial score (nSPS) is 18.1. The molecule has 122 valence electrons. The molecule has 0 atom stereocenters. The summed E-state index contributed by atoms with van der Waals surface area (Å²) in [4.78, 5) is 37.9. The van der Waals surface area contributed by atoms with Crippen LogP contribution in [0, 0.1) is 5.92 Å². The minimum Gasteiger partial charge on any atom is -0.343 e. The van der Waals surface area contributed by atoms with Crippen molar-refractivity contribution >= 4 is 40.9 Å². The Morgan fingerprint density at radius 2 is 2.04 bits per heavy atom. The van der Waals surface area contributed by atoms with Crippen molar-refractivity contribution in [2.45, 2.75) is 24.7 Å². The second-order valence-electron chi connectivity index (χ2n) is 5.82. The summed E-state index contributed by atoms with van der Waals surface area (Å²) >= 11 is 1.49. The molecule has 0 radical (unpaired) electrons. The molecule has 1 saturated heterocycles. The van der Waals surface area contributed by atoms with Gasteiger partial charge >= 0.3 is 0 Å². The van der Waals surface area contributed by atoms with Crippen LogP contribution in [-0.2, 0) is 14.4 Å². The minimum atomic E-state index is -0.0781. The Balaban J connectivity index is 1.61. The van der Waals surface area contributed by atoms with E-state index in [1.807, 2.05) is 12.1 Å². The highest BCUT2D eigenvalue weighted by Crippen LogP contribution is 2.33. The van der Waals surface area contributed by atoms with Gasteiger partial charge in [0.25, 0.3) is 0 Å². The third-order valence-electron chi connectivity index (χ3n) is 4.19. The van der Waals surface area contributed by atoms with Crippen molar-refractivity contribution in [3.63, 3.8) is 0 Å². The fourth-order valence-corrected chi connectivity index (χ4v) is 3.65. The zero-order valence-electron chi connectivity index (χ0n) is 12.9. The topological polar surface area (TPSA) is 78.5 Å². The number of amides is 3. The number of likely N-dealkylation sites (tertiary alicyclic amines) is 1. The van der Waals surface area contributed by atoms with E-state index in [4.69, 9.17) is 0 Å². The van der Waals surface area contributed by atoms with Gasteiger partial charge in [-0.05, 0) is 31.0 Å². The summed E-state index contributed by atoms with van der Waals surface area (Å²) in [6.07, 6.45) is 1.37. The summed E-state index contributed by atoms with van der Waals surface area (Å²) in [6, 6.07) is 5.56. The number of carbonyl (C=O) groups excluding carboxylic acids is 3. The highest BCUT2D eigenvalue weighted by atomic mass is 32.2. The number of fused-ring (bicyclic) bond motifs is 1. The summed E-state index contributed by atoms with van der Waals surface area (Å²) in [5.41, 5.74) is 1.43. The quantitative estimate of drug-likeness (QED) is 0.867.